The Balaban J connectivity index is 0.000000438. The topological polar surface area (TPSA) is 105 Å². The van der Waals surface area contributed by atoms with Crippen molar-refractivity contribution in [3.8, 4) is 11.5 Å². The number of nitrogens with one attached hydrogen (secondary N) is 1. The summed E-state index contributed by atoms with van der Waals surface area (Å²) in [6.07, 6.45) is 0. The van der Waals surface area contributed by atoms with Crippen molar-refractivity contribution in [1.82, 2.24) is 5.32 Å². The van der Waals surface area contributed by atoms with Gasteiger partial charge < -0.3 is 25.0 Å². The van der Waals surface area contributed by atoms with Crippen LogP contribution in [0.2, 0.25) is 0 Å². The van der Waals surface area contributed by atoms with Crippen molar-refractivity contribution in [3.63, 3.8) is 0 Å². The van der Waals surface area contributed by atoms with Crippen LogP contribution in [-0.4, -0.2) is 36.4 Å². The van der Waals surface area contributed by atoms with Crippen molar-refractivity contribution in [2.45, 2.75) is 13.1 Å². The van der Waals surface area contributed by atoms with Crippen LogP contribution in [0.3, 0.4) is 0 Å². The van der Waals surface area contributed by atoms with Gasteiger partial charge in [-0.25, -0.2) is 9.59 Å². The third kappa shape index (κ3) is 6.51. The van der Waals surface area contributed by atoms with Gasteiger partial charge in [-0.15, -0.1) is 0 Å². The Morgan fingerprint density at radius 2 is 1.31 bits per heavy atom. The first kappa shape index (κ1) is 21.7. The zero-order chi connectivity index (χ0) is 21.2. The van der Waals surface area contributed by atoms with Gasteiger partial charge in [0, 0.05) is 13.1 Å². The molecule has 7 heteroatoms. The standard InChI is InChI=1S/C20H21NO2.C2H2O4/c1-22-19-10-8-16(12-20(19)23-2)14-21-13-15-7-9-17-5-3-4-6-18(17)11-15;3-1(4)2(5)6/h3-12,21H,13-14H2,1-2H3;(H,3,4)(H,5,6). The summed E-state index contributed by atoms with van der Waals surface area (Å²) in [5.74, 6) is -2.13. The molecule has 7 nitrogen and oxygen atoms in total. The molecule has 0 aliphatic carbocycles. The molecule has 0 aliphatic rings. The highest BCUT2D eigenvalue weighted by atomic mass is 16.5. The molecule has 0 saturated heterocycles. The number of benzene rings is 3. The van der Waals surface area contributed by atoms with Crippen molar-refractivity contribution in [3.05, 3.63) is 71.8 Å². The predicted molar refractivity (Wildman–Crippen MR) is 109 cm³/mol. The highest BCUT2D eigenvalue weighted by Crippen LogP contribution is 2.27. The minimum absolute atomic E-state index is 0.755. The second-order valence-electron chi connectivity index (χ2n) is 6.08. The minimum Gasteiger partial charge on any atom is -0.493 e. The summed E-state index contributed by atoms with van der Waals surface area (Å²) < 4.78 is 10.6. The Morgan fingerprint density at radius 1 is 0.759 bits per heavy atom. The summed E-state index contributed by atoms with van der Waals surface area (Å²) >= 11 is 0. The van der Waals surface area contributed by atoms with Gasteiger partial charge in [0.1, 0.15) is 0 Å². The number of ether oxygens (including phenoxy) is 2. The van der Waals surface area contributed by atoms with Crippen molar-refractivity contribution < 1.29 is 29.3 Å². The molecule has 3 rings (SSSR count). The zero-order valence-electron chi connectivity index (χ0n) is 16.2. The predicted octanol–water partition coefficient (Wildman–Crippen LogP) is 3.30. The molecule has 0 atom stereocenters. The van der Waals surface area contributed by atoms with Gasteiger partial charge in [0.05, 0.1) is 14.2 Å². The number of carboxylic acids is 2. The van der Waals surface area contributed by atoms with E-state index < -0.39 is 11.9 Å². The fourth-order valence-electron chi connectivity index (χ4n) is 2.69. The molecule has 0 bridgehead atoms. The van der Waals surface area contributed by atoms with Crippen molar-refractivity contribution >= 4 is 22.7 Å². The van der Waals surface area contributed by atoms with Gasteiger partial charge in [-0.3, -0.25) is 0 Å². The first-order valence-corrected chi connectivity index (χ1v) is 8.80. The van der Waals surface area contributed by atoms with Crippen molar-refractivity contribution in [2.24, 2.45) is 0 Å². The van der Waals surface area contributed by atoms with Gasteiger partial charge >= 0.3 is 11.9 Å². The number of carbonyl (C=O) groups is 2. The molecule has 0 aliphatic heterocycles. The van der Waals surface area contributed by atoms with Crippen LogP contribution in [-0.2, 0) is 22.7 Å². The van der Waals surface area contributed by atoms with E-state index in [1.54, 1.807) is 14.2 Å². The summed E-state index contributed by atoms with van der Waals surface area (Å²) in [7, 11) is 3.31. The summed E-state index contributed by atoms with van der Waals surface area (Å²) in [6.45, 7) is 1.62. The van der Waals surface area contributed by atoms with E-state index in [1.807, 2.05) is 12.1 Å². The monoisotopic (exact) mass is 397 g/mol. The zero-order valence-corrected chi connectivity index (χ0v) is 16.2. The molecule has 3 N–H and O–H groups in total. The van der Waals surface area contributed by atoms with Gasteiger partial charge in [0.15, 0.2) is 11.5 Å². The molecule has 0 saturated carbocycles. The quantitative estimate of drug-likeness (QED) is 0.548. The third-order valence-electron chi connectivity index (χ3n) is 4.10. The molecular weight excluding hydrogens is 374 g/mol. The largest absolute Gasteiger partial charge is 0.493 e. The highest BCUT2D eigenvalue weighted by Gasteiger charge is 2.05. The Hall–Kier alpha value is -3.58. The van der Waals surface area contributed by atoms with Crippen LogP contribution in [0.5, 0.6) is 11.5 Å². The number of aliphatic carboxylic acids is 2. The maximum Gasteiger partial charge on any atom is 0.414 e. The summed E-state index contributed by atoms with van der Waals surface area (Å²) in [5, 5.41) is 20.8. The smallest absolute Gasteiger partial charge is 0.414 e. The summed E-state index contributed by atoms with van der Waals surface area (Å²) in [5.41, 5.74) is 2.45. The Bertz CT molecular complexity index is 974. The van der Waals surface area contributed by atoms with E-state index in [9.17, 15) is 0 Å². The first-order chi connectivity index (χ1) is 13.9. The lowest BCUT2D eigenvalue weighted by Gasteiger charge is -2.10. The van der Waals surface area contributed by atoms with Crippen molar-refractivity contribution in [2.75, 3.05) is 14.2 Å². The van der Waals surface area contributed by atoms with Gasteiger partial charge in [-0.05, 0) is 40.1 Å². The second kappa shape index (κ2) is 10.7. The number of fused-ring (bicyclic) bond motifs is 1. The Kier molecular flexibility index (Phi) is 8.00. The van der Waals surface area contributed by atoms with Gasteiger partial charge in [-0.2, -0.15) is 0 Å². The molecule has 0 fully saturated rings. The van der Waals surface area contributed by atoms with E-state index in [2.05, 4.69) is 53.8 Å². The first-order valence-electron chi connectivity index (χ1n) is 8.80. The third-order valence-corrected chi connectivity index (χ3v) is 4.10. The van der Waals surface area contributed by atoms with Gasteiger partial charge in [0.25, 0.3) is 0 Å². The molecule has 0 radical (unpaired) electrons. The Morgan fingerprint density at radius 3 is 1.90 bits per heavy atom. The molecule has 0 spiro atoms. The molecule has 29 heavy (non-hydrogen) atoms. The maximum atomic E-state index is 9.10. The lowest BCUT2D eigenvalue weighted by molar-refractivity contribution is -0.159. The van der Waals surface area contributed by atoms with Gasteiger partial charge in [0.2, 0.25) is 0 Å². The van der Waals surface area contributed by atoms with Crippen LogP contribution in [0.1, 0.15) is 11.1 Å². The highest BCUT2D eigenvalue weighted by molar-refractivity contribution is 6.27. The van der Waals surface area contributed by atoms with E-state index in [0.717, 1.165) is 24.6 Å². The van der Waals surface area contributed by atoms with E-state index in [-0.39, 0.29) is 0 Å². The summed E-state index contributed by atoms with van der Waals surface area (Å²) in [4.78, 5) is 18.2. The molecule has 152 valence electrons. The van der Waals surface area contributed by atoms with Gasteiger partial charge in [-0.1, -0.05) is 42.5 Å². The number of methoxy groups -OCH3 is 2. The average Bonchev–Trinajstić information content (AvgIpc) is 2.74. The number of carboxylic acid groups (broad SMARTS) is 2. The maximum absolute atomic E-state index is 9.10. The van der Waals surface area contributed by atoms with Crippen LogP contribution < -0.4 is 14.8 Å². The normalized spacial score (nSPS) is 10.0. The van der Waals surface area contributed by atoms with Crippen LogP contribution in [0.15, 0.2) is 60.7 Å². The molecule has 3 aromatic rings. The van der Waals surface area contributed by atoms with E-state index in [4.69, 9.17) is 29.3 Å². The molecule has 0 unspecified atom stereocenters. The fraction of sp³-hybridized carbons (Fsp3) is 0.182. The minimum atomic E-state index is -1.82. The Labute approximate surface area is 168 Å². The van der Waals surface area contributed by atoms with Crippen LogP contribution in [0.4, 0.5) is 0 Å². The molecule has 3 aromatic carbocycles. The summed E-state index contributed by atoms with van der Waals surface area (Å²) in [6, 6.07) is 21.0. The average molecular weight is 397 g/mol. The molecular formula is C22H23NO6. The van der Waals surface area contributed by atoms with Crippen LogP contribution in [0, 0.1) is 0 Å². The van der Waals surface area contributed by atoms with Crippen LogP contribution >= 0.6 is 0 Å². The SMILES string of the molecule is COc1ccc(CNCc2ccc3ccccc3c2)cc1OC.O=C(O)C(=O)O. The lowest BCUT2D eigenvalue weighted by atomic mass is 10.1. The lowest BCUT2D eigenvalue weighted by Crippen LogP contribution is -2.12. The van der Waals surface area contributed by atoms with E-state index in [0.29, 0.717) is 0 Å². The van der Waals surface area contributed by atoms with Crippen LogP contribution in [0.25, 0.3) is 10.8 Å². The van der Waals surface area contributed by atoms with E-state index in [1.165, 1.54) is 21.9 Å². The molecule has 0 heterocycles. The second-order valence-corrected chi connectivity index (χ2v) is 6.08. The number of rotatable bonds is 6. The number of hydrogen-bond acceptors (Lipinski definition) is 5. The van der Waals surface area contributed by atoms with E-state index >= 15 is 0 Å². The molecule has 0 amide bonds. The fourth-order valence-corrected chi connectivity index (χ4v) is 2.69. The molecule has 0 aromatic heterocycles. The van der Waals surface area contributed by atoms with Crippen molar-refractivity contribution in [1.29, 1.82) is 0 Å². The number of hydrogen-bond donors (Lipinski definition) is 3.